The minimum Gasteiger partial charge on any atom is -0.339 e. The van der Waals surface area contributed by atoms with E-state index in [-0.39, 0.29) is 5.41 Å². The third-order valence-electron chi connectivity index (χ3n) is 5.16. The van der Waals surface area contributed by atoms with Crippen molar-refractivity contribution in [2.75, 3.05) is 33.2 Å². The maximum absolute atomic E-state index is 13.1. The number of halogens is 1. The highest BCUT2D eigenvalue weighted by Gasteiger charge is 2.54. The molecule has 2 aliphatic rings. The van der Waals surface area contributed by atoms with Gasteiger partial charge in [0.05, 0.1) is 5.41 Å². The quantitative estimate of drug-likeness (QED) is 0.829. The van der Waals surface area contributed by atoms with Gasteiger partial charge in [-0.15, -0.1) is 11.3 Å². The molecular weight excluding hydrogens is 340 g/mol. The SMILES string of the molecule is CN1CCN(C(=O)C2(c3ccc(-c4ccc(Cl)cc4)s3)CC2)CC1. The van der Waals surface area contributed by atoms with Crippen LogP contribution in [0, 0.1) is 0 Å². The summed E-state index contributed by atoms with van der Waals surface area (Å²) in [5.74, 6) is 0.333. The molecule has 0 spiro atoms. The van der Waals surface area contributed by atoms with Gasteiger partial charge in [0.2, 0.25) is 5.91 Å². The van der Waals surface area contributed by atoms with Crippen molar-refractivity contribution < 1.29 is 4.79 Å². The Hall–Kier alpha value is -1.36. The zero-order valence-electron chi connectivity index (χ0n) is 13.8. The first kappa shape index (κ1) is 16.1. The fourth-order valence-electron chi connectivity index (χ4n) is 3.37. The number of piperazine rings is 1. The molecule has 1 saturated heterocycles. The highest BCUT2D eigenvalue weighted by Crippen LogP contribution is 2.52. The maximum Gasteiger partial charge on any atom is 0.234 e. The van der Waals surface area contributed by atoms with Gasteiger partial charge in [0.15, 0.2) is 0 Å². The second kappa shape index (κ2) is 6.17. The Balaban J connectivity index is 1.55. The average molecular weight is 361 g/mol. The lowest BCUT2D eigenvalue weighted by molar-refractivity contribution is -0.135. The topological polar surface area (TPSA) is 23.6 Å². The van der Waals surface area contributed by atoms with Gasteiger partial charge in [-0.05, 0) is 49.7 Å². The van der Waals surface area contributed by atoms with E-state index in [0.717, 1.165) is 44.0 Å². The minimum absolute atomic E-state index is 0.245. The molecule has 24 heavy (non-hydrogen) atoms. The number of thiophene rings is 1. The van der Waals surface area contributed by atoms with Crippen molar-refractivity contribution in [2.45, 2.75) is 18.3 Å². The van der Waals surface area contributed by atoms with Crippen LogP contribution in [0.2, 0.25) is 5.02 Å². The van der Waals surface area contributed by atoms with Crippen LogP contribution in [0.15, 0.2) is 36.4 Å². The van der Waals surface area contributed by atoms with Crippen molar-refractivity contribution >= 4 is 28.8 Å². The smallest absolute Gasteiger partial charge is 0.234 e. The van der Waals surface area contributed by atoms with Crippen LogP contribution < -0.4 is 0 Å². The van der Waals surface area contributed by atoms with Gasteiger partial charge in [-0.2, -0.15) is 0 Å². The number of hydrogen-bond donors (Lipinski definition) is 0. The van der Waals surface area contributed by atoms with E-state index in [4.69, 9.17) is 11.6 Å². The number of rotatable bonds is 3. The van der Waals surface area contributed by atoms with E-state index in [0.29, 0.717) is 5.91 Å². The fourth-order valence-corrected chi connectivity index (χ4v) is 4.74. The number of likely N-dealkylation sites (N-methyl/N-ethyl adjacent to an activating group) is 1. The summed E-state index contributed by atoms with van der Waals surface area (Å²) >= 11 is 7.73. The number of carbonyl (C=O) groups excluding carboxylic acids is 1. The van der Waals surface area contributed by atoms with E-state index >= 15 is 0 Å². The molecule has 0 radical (unpaired) electrons. The van der Waals surface area contributed by atoms with Crippen LogP contribution in [0.25, 0.3) is 10.4 Å². The molecule has 1 aromatic heterocycles. The lowest BCUT2D eigenvalue weighted by Crippen LogP contribution is -2.50. The van der Waals surface area contributed by atoms with Crippen LogP contribution in [-0.4, -0.2) is 48.9 Å². The summed E-state index contributed by atoms with van der Waals surface area (Å²) in [6.07, 6.45) is 1.97. The fraction of sp³-hybridized carbons (Fsp3) is 0.421. The van der Waals surface area contributed by atoms with Crippen molar-refractivity contribution in [1.29, 1.82) is 0 Å². The molecule has 0 unspecified atom stereocenters. The Labute approximate surface area is 151 Å². The summed E-state index contributed by atoms with van der Waals surface area (Å²) in [7, 11) is 2.12. The van der Waals surface area contributed by atoms with E-state index in [1.807, 2.05) is 24.3 Å². The van der Waals surface area contributed by atoms with E-state index < -0.39 is 0 Å². The van der Waals surface area contributed by atoms with E-state index in [1.165, 1.54) is 15.3 Å². The Kier molecular flexibility index (Phi) is 4.15. The second-order valence-electron chi connectivity index (χ2n) is 6.85. The van der Waals surface area contributed by atoms with Crippen molar-refractivity contribution in [1.82, 2.24) is 9.80 Å². The molecule has 1 aromatic carbocycles. The van der Waals surface area contributed by atoms with Gasteiger partial charge >= 0.3 is 0 Å². The van der Waals surface area contributed by atoms with Crippen molar-refractivity contribution in [3.05, 3.63) is 46.3 Å². The molecule has 0 atom stereocenters. The van der Waals surface area contributed by atoms with E-state index in [1.54, 1.807) is 11.3 Å². The number of amides is 1. The van der Waals surface area contributed by atoms with Gasteiger partial charge in [0, 0.05) is 41.0 Å². The van der Waals surface area contributed by atoms with Crippen LogP contribution in [0.5, 0.6) is 0 Å². The maximum atomic E-state index is 13.1. The molecule has 0 bridgehead atoms. The molecule has 1 aliphatic carbocycles. The molecule has 1 amide bonds. The normalized spacial score (nSPS) is 20.2. The summed E-state index contributed by atoms with van der Waals surface area (Å²) in [5.41, 5.74) is 0.920. The summed E-state index contributed by atoms with van der Waals surface area (Å²) in [5, 5.41) is 0.749. The Morgan fingerprint density at radius 1 is 1.04 bits per heavy atom. The second-order valence-corrected chi connectivity index (χ2v) is 8.37. The first-order valence-corrected chi connectivity index (χ1v) is 9.62. The summed E-state index contributed by atoms with van der Waals surface area (Å²) < 4.78 is 0. The molecule has 4 rings (SSSR count). The Bertz CT molecular complexity index is 743. The van der Waals surface area contributed by atoms with Gasteiger partial charge in [0.1, 0.15) is 0 Å². The van der Waals surface area contributed by atoms with Crippen LogP contribution in [0.1, 0.15) is 17.7 Å². The van der Waals surface area contributed by atoms with Gasteiger partial charge < -0.3 is 9.80 Å². The first-order valence-electron chi connectivity index (χ1n) is 8.43. The molecule has 1 saturated carbocycles. The van der Waals surface area contributed by atoms with Crippen molar-refractivity contribution in [3.8, 4) is 10.4 Å². The first-order chi connectivity index (χ1) is 11.6. The largest absolute Gasteiger partial charge is 0.339 e. The third-order valence-corrected chi connectivity index (χ3v) is 6.75. The third kappa shape index (κ3) is 2.87. The number of nitrogens with zero attached hydrogens (tertiary/aromatic N) is 2. The Morgan fingerprint density at radius 3 is 2.33 bits per heavy atom. The molecule has 5 heteroatoms. The minimum atomic E-state index is -0.245. The van der Waals surface area contributed by atoms with Crippen LogP contribution in [0.4, 0.5) is 0 Å². The van der Waals surface area contributed by atoms with Gasteiger partial charge in [-0.25, -0.2) is 0 Å². The summed E-state index contributed by atoms with van der Waals surface area (Å²) in [4.78, 5) is 19.9. The average Bonchev–Trinajstić information content (AvgIpc) is 3.26. The van der Waals surface area contributed by atoms with Crippen LogP contribution in [-0.2, 0) is 10.2 Å². The van der Waals surface area contributed by atoms with Gasteiger partial charge in [-0.3, -0.25) is 4.79 Å². The monoisotopic (exact) mass is 360 g/mol. The number of hydrogen-bond acceptors (Lipinski definition) is 3. The highest BCUT2D eigenvalue weighted by atomic mass is 35.5. The molecule has 3 nitrogen and oxygen atoms in total. The standard InChI is InChI=1S/C19H21ClN2OS/c1-21-10-12-22(13-11-21)18(23)19(8-9-19)17-7-6-16(24-17)14-2-4-15(20)5-3-14/h2-7H,8-13H2,1H3. The summed E-state index contributed by atoms with van der Waals surface area (Å²) in [6.45, 7) is 3.66. The number of carbonyl (C=O) groups is 1. The lowest BCUT2D eigenvalue weighted by Gasteiger charge is -2.34. The molecule has 0 N–H and O–H groups in total. The van der Waals surface area contributed by atoms with Crippen LogP contribution in [0.3, 0.4) is 0 Å². The zero-order chi connectivity index (χ0) is 16.7. The summed E-state index contributed by atoms with van der Waals surface area (Å²) in [6, 6.07) is 12.2. The van der Waals surface area contributed by atoms with Crippen molar-refractivity contribution in [3.63, 3.8) is 0 Å². The predicted octanol–water partition coefficient (Wildman–Crippen LogP) is 3.87. The Morgan fingerprint density at radius 2 is 1.71 bits per heavy atom. The molecule has 1 aliphatic heterocycles. The molecule has 126 valence electrons. The lowest BCUT2D eigenvalue weighted by atomic mass is 10.0. The van der Waals surface area contributed by atoms with Crippen LogP contribution >= 0.6 is 22.9 Å². The molecular formula is C19H21ClN2OS. The molecule has 2 fully saturated rings. The van der Waals surface area contributed by atoms with E-state index in [9.17, 15) is 4.79 Å². The highest BCUT2D eigenvalue weighted by molar-refractivity contribution is 7.15. The zero-order valence-corrected chi connectivity index (χ0v) is 15.4. The van der Waals surface area contributed by atoms with Crippen molar-refractivity contribution in [2.24, 2.45) is 0 Å². The molecule has 2 heterocycles. The van der Waals surface area contributed by atoms with Gasteiger partial charge in [0.25, 0.3) is 0 Å². The van der Waals surface area contributed by atoms with Gasteiger partial charge in [-0.1, -0.05) is 23.7 Å². The number of benzene rings is 1. The molecule has 2 aromatic rings. The predicted molar refractivity (Wildman–Crippen MR) is 99.8 cm³/mol. The van der Waals surface area contributed by atoms with E-state index in [2.05, 4.69) is 29.0 Å².